The van der Waals surface area contributed by atoms with E-state index < -0.39 is 5.41 Å². The first kappa shape index (κ1) is 24.4. The average molecular weight is 370 g/mol. The van der Waals surface area contributed by atoms with Crippen LogP contribution in [0.25, 0.3) is 0 Å². The summed E-state index contributed by atoms with van der Waals surface area (Å²) in [6.45, 7) is 4.15. The molecule has 25 heavy (non-hydrogen) atoms. The maximum Gasteiger partial charge on any atom is 1.00 e. The third-order valence-corrected chi connectivity index (χ3v) is 4.81. The molecule has 0 aromatic heterocycles. The fraction of sp³-hybridized carbons (Fsp3) is 0.381. The van der Waals surface area contributed by atoms with Gasteiger partial charge in [0.15, 0.2) is 0 Å². The number of carbonyl (C=O) groups is 1. The molecule has 0 bridgehead atoms. The molecule has 0 aliphatic carbocycles. The van der Waals surface area contributed by atoms with E-state index in [0.717, 1.165) is 17.5 Å². The Labute approximate surface area is 182 Å². The first-order chi connectivity index (χ1) is 11.0. The monoisotopic (exact) mass is 369 g/mol. The van der Waals surface area contributed by atoms with Crippen LogP contribution in [0.15, 0.2) is 60.7 Å². The normalized spacial score (nSPS) is 12.0. The Balaban J connectivity index is 0. The SMILES string of the molecule is CCC(=O)C(CC(C)N(C)C)(c1ccccc1)c1ccccc1.Cl.[H-].[Na+]. The average Bonchev–Trinajstić information content (AvgIpc) is 2.60. The second kappa shape index (κ2) is 11.2. The summed E-state index contributed by atoms with van der Waals surface area (Å²) < 4.78 is 0. The molecule has 1 unspecified atom stereocenters. The Morgan fingerprint density at radius 1 is 1.00 bits per heavy atom. The van der Waals surface area contributed by atoms with Crippen LogP contribution < -0.4 is 29.6 Å². The molecule has 2 rings (SSSR count). The number of halogens is 1. The van der Waals surface area contributed by atoms with Gasteiger partial charge in [0.25, 0.3) is 0 Å². The molecule has 2 aromatic carbocycles. The van der Waals surface area contributed by atoms with E-state index in [4.69, 9.17) is 0 Å². The second-order valence-electron chi connectivity index (χ2n) is 6.43. The van der Waals surface area contributed by atoms with Gasteiger partial charge in [0.05, 0.1) is 5.41 Å². The van der Waals surface area contributed by atoms with E-state index in [9.17, 15) is 4.79 Å². The summed E-state index contributed by atoms with van der Waals surface area (Å²) in [5.41, 5.74) is 1.60. The molecule has 0 radical (unpaired) electrons. The quantitative estimate of drug-likeness (QED) is 0.694. The Morgan fingerprint density at radius 2 is 1.40 bits per heavy atom. The molecule has 0 amide bonds. The van der Waals surface area contributed by atoms with Crippen molar-refractivity contribution in [1.29, 1.82) is 0 Å². The Kier molecular flexibility index (Phi) is 10.9. The van der Waals surface area contributed by atoms with Gasteiger partial charge in [-0.3, -0.25) is 4.79 Å². The zero-order valence-electron chi connectivity index (χ0n) is 17.0. The van der Waals surface area contributed by atoms with Gasteiger partial charge in [0.2, 0.25) is 0 Å². The molecule has 132 valence electrons. The molecule has 2 nitrogen and oxygen atoms in total. The van der Waals surface area contributed by atoms with E-state index >= 15 is 0 Å². The van der Waals surface area contributed by atoms with Crippen LogP contribution in [0.2, 0.25) is 0 Å². The summed E-state index contributed by atoms with van der Waals surface area (Å²) in [7, 11) is 4.14. The van der Waals surface area contributed by atoms with Crippen LogP contribution in [0.3, 0.4) is 0 Å². The standard InChI is InChI=1S/C21H27NO.ClH.Na.H/c1-5-20(23)21(16-17(2)22(3)4,18-12-8-6-9-13-18)19-14-10-7-11-15-19;;;/h6-15,17H,5,16H2,1-4H3;1H;;/q;;+1;-1. The number of benzene rings is 2. The van der Waals surface area contributed by atoms with Gasteiger partial charge >= 0.3 is 29.6 Å². The molecule has 0 aliphatic heterocycles. The van der Waals surface area contributed by atoms with Crippen molar-refractivity contribution >= 4 is 18.2 Å². The van der Waals surface area contributed by atoms with Crippen molar-refractivity contribution in [2.75, 3.05) is 14.1 Å². The smallest absolute Gasteiger partial charge is 1.00 e. The second-order valence-corrected chi connectivity index (χ2v) is 6.43. The Morgan fingerprint density at radius 3 is 1.72 bits per heavy atom. The molecule has 0 fully saturated rings. The van der Waals surface area contributed by atoms with E-state index in [1.54, 1.807) is 0 Å². The van der Waals surface area contributed by atoms with Crippen molar-refractivity contribution in [2.24, 2.45) is 0 Å². The van der Waals surface area contributed by atoms with Crippen molar-refractivity contribution < 1.29 is 35.8 Å². The van der Waals surface area contributed by atoms with Gasteiger partial charge in [-0.1, -0.05) is 67.6 Å². The van der Waals surface area contributed by atoms with E-state index in [0.29, 0.717) is 12.5 Å². The van der Waals surface area contributed by atoms with Gasteiger partial charge in [-0.05, 0) is 38.6 Å². The molecule has 4 heteroatoms. The number of Topliss-reactive ketones (excluding diaryl/α,β-unsaturated/α-hetero) is 1. The molecule has 0 saturated heterocycles. The minimum atomic E-state index is -0.582. The van der Waals surface area contributed by atoms with Gasteiger partial charge in [-0.25, -0.2) is 0 Å². The van der Waals surface area contributed by atoms with Gasteiger partial charge < -0.3 is 6.33 Å². The number of ketones is 1. The first-order valence-corrected chi connectivity index (χ1v) is 8.33. The zero-order valence-corrected chi connectivity index (χ0v) is 18.8. The topological polar surface area (TPSA) is 20.3 Å². The summed E-state index contributed by atoms with van der Waals surface area (Å²) in [5.74, 6) is 0.281. The van der Waals surface area contributed by atoms with Gasteiger partial charge in [0.1, 0.15) is 5.78 Å². The molecule has 1 atom stereocenters. The third-order valence-electron chi connectivity index (χ3n) is 4.81. The number of hydrogen-bond acceptors (Lipinski definition) is 2. The summed E-state index contributed by atoms with van der Waals surface area (Å²) in [4.78, 5) is 15.4. The zero-order chi connectivity index (χ0) is 16.9. The molecular weight excluding hydrogens is 341 g/mol. The van der Waals surface area contributed by atoms with Crippen LogP contribution in [0, 0.1) is 0 Å². The van der Waals surface area contributed by atoms with E-state index in [2.05, 4.69) is 50.2 Å². The number of nitrogens with zero attached hydrogens (tertiary/aromatic N) is 1. The maximum absolute atomic E-state index is 13.2. The summed E-state index contributed by atoms with van der Waals surface area (Å²) in [6.07, 6.45) is 1.31. The van der Waals surface area contributed by atoms with Crippen LogP contribution in [-0.4, -0.2) is 30.8 Å². The molecule has 0 saturated carbocycles. The van der Waals surface area contributed by atoms with Crippen molar-refractivity contribution in [3.05, 3.63) is 71.8 Å². The largest absolute Gasteiger partial charge is 1.00 e. The number of carbonyl (C=O) groups excluding carboxylic acids is 1. The van der Waals surface area contributed by atoms with Gasteiger partial charge in [-0.15, -0.1) is 12.4 Å². The molecular formula is C21H29ClNNaO. The third kappa shape index (κ3) is 5.42. The Bertz CT molecular complexity index is 597. The molecule has 0 heterocycles. The summed E-state index contributed by atoms with van der Waals surface area (Å²) >= 11 is 0. The van der Waals surface area contributed by atoms with Crippen molar-refractivity contribution in [2.45, 2.75) is 38.1 Å². The van der Waals surface area contributed by atoms with Crippen LogP contribution >= 0.6 is 12.4 Å². The fourth-order valence-corrected chi connectivity index (χ4v) is 3.21. The maximum atomic E-state index is 13.2. The van der Waals surface area contributed by atoms with E-state index in [1.807, 2.05) is 43.3 Å². The summed E-state index contributed by atoms with van der Waals surface area (Å²) in [6, 6.07) is 20.7. The van der Waals surface area contributed by atoms with Crippen LogP contribution in [0.4, 0.5) is 0 Å². The number of rotatable bonds is 7. The Hall–Kier alpha value is -0.640. The molecule has 0 spiro atoms. The predicted octanol–water partition coefficient (Wildman–Crippen LogP) is 1.83. The summed E-state index contributed by atoms with van der Waals surface area (Å²) in [5, 5.41) is 0. The van der Waals surface area contributed by atoms with Crippen molar-refractivity contribution in [1.82, 2.24) is 4.90 Å². The molecule has 0 aliphatic rings. The van der Waals surface area contributed by atoms with Crippen molar-refractivity contribution in [3.8, 4) is 0 Å². The van der Waals surface area contributed by atoms with E-state index in [-0.39, 0.29) is 49.2 Å². The van der Waals surface area contributed by atoms with Crippen molar-refractivity contribution in [3.63, 3.8) is 0 Å². The van der Waals surface area contributed by atoms with Crippen LogP contribution in [-0.2, 0) is 10.2 Å². The predicted molar refractivity (Wildman–Crippen MR) is 105 cm³/mol. The van der Waals surface area contributed by atoms with E-state index in [1.165, 1.54) is 0 Å². The minimum Gasteiger partial charge on any atom is -1.00 e. The minimum absolute atomic E-state index is 0. The fourth-order valence-electron chi connectivity index (χ4n) is 3.21. The van der Waals surface area contributed by atoms with Gasteiger partial charge in [0, 0.05) is 12.5 Å². The number of hydrogen-bond donors (Lipinski definition) is 0. The van der Waals surface area contributed by atoms with Crippen LogP contribution in [0.5, 0.6) is 0 Å². The molecule has 2 aromatic rings. The first-order valence-electron chi connectivity index (χ1n) is 8.33. The van der Waals surface area contributed by atoms with Crippen LogP contribution in [0.1, 0.15) is 39.2 Å². The molecule has 0 N–H and O–H groups in total. The van der Waals surface area contributed by atoms with Gasteiger partial charge in [-0.2, -0.15) is 0 Å².